The molecule has 1 aliphatic rings. The second-order valence-corrected chi connectivity index (χ2v) is 10.4. The monoisotopic (exact) mass is 554 g/mol. The number of likely N-dealkylation sites (N-methyl/N-ethyl adjacent to an activating group) is 1. The van der Waals surface area contributed by atoms with E-state index >= 15 is 0 Å². The Morgan fingerprint density at radius 1 is 1.20 bits per heavy atom. The summed E-state index contributed by atoms with van der Waals surface area (Å²) in [6, 6.07) is 6.58. The fourth-order valence-electron chi connectivity index (χ4n) is 4.48. The number of esters is 1. The summed E-state index contributed by atoms with van der Waals surface area (Å²) in [5.41, 5.74) is 0.469. The molecule has 1 aliphatic heterocycles. The number of anilines is 4. The number of nitro groups is 1. The first-order valence-corrected chi connectivity index (χ1v) is 12.9. The van der Waals surface area contributed by atoms with Crippen molar-refractivity contribution < 1.29 is 28.4 Å². The number of carbonyl (C=O) groups is 2. The van der Waals surface area contributed by atoms with Crippen LogP contribution in [0, 0.1) is 10.1 Å². The van der Waals surface area contributed by atoms with Crippen LogP contribution >= 0.6 is 0 Å². The molecule has 1 N–H and O–H groups in total. The van der Waals surface area contributed by atoms with Crippen LogP contribution in [0.5, 0.6) is 0 Å². The SMILES string of the molecule is CCN1CCN(c2ccc(Nc3cc4c(N(C)C(=O)OC(C)(C)C)c(C(=O)OC)oc4cn3)c([N+](=O)[O-])c2)CC1. The summed E-state index contributed by atoms with van der Waals surface area (Å²) >= 11 is 0. The number of rotatable bonds is 7. The normalized spacial score (nSPS) is 14.2. The summed E-state index contributed by atoms with van der Waals surface area (Å²) in [6.07, 6.45) is 0.655. The van der Waals surface area contributed by atoms with Gasteiger partial charge in [-0.05, 0) is 45.5 Å². The second-order valence-electron chi connectivity index (χ2n) is 10.4. The van der Waals surface area contributed by atoms with Crippen molar-refractivity contribution in [1.82, 2.24) is 9.88 Å². The van der Waals surface area contributed by atoms with E-state index in [9.17, 15) is 19.7 Å². The second kappa shape index (κ2) is 11.4. The highest BCUT2D eigenvalue weighted by Gasteiger charge is 2.30. The number of hydrogen-bond acceptors (Lipinski definition) is 11. The number of amides is 1. The number of piperazine rings is 1. The quantitative estimate of drug-likeness (QED) is 0.245. The largest absolute Gasteiger partial charge is 0.463 e. The standard InChI is InChI=1S/C27H34N6O7/c1-7-31-10-12-32(13-11-31)17-8-9-19(20(14-17)33(36)37)29-22-15-18-21(16-28-22)39-24(25(34)38-6)23(18)30(5)26(35)40-27(2,3)4/h8-9,14-16H,7,10-13H2,1-6H3,(H,28,29). The van der Waals surface area contributed by atoms with Gasteiger partial charge in [0.05, 0.1) is 23.6 Å². The third kappa shape index (κ3) is 6.09. The Bertz CT molecular complexity index is 1420. The molecule has 4 rings (SSSR count). The van der Waals surface area contributed by atoms with Gasteiger partial charge in [0, 0.05) is 45.0 Å². The van der Waals surface area contributed by atoms with Crippen molar-refractivity contribution in [3.05, 3.63) is 46.3 Å². The molecule has 0 spiro atoms. The molecule has 2 aromatic heterocycles. The predicted octanol–water partition coefficient (Wildman–Crippen LogP) is 4.78. The number of nitrogens with zero attached hydrogens (tertiary/aromatic N) is 5. The van der Waals surface area contributed by atoms with Crippen molar-refractivity contribution in [2.75, 3.05) is 62.0 Å². The van der Waals surface area contributed by atoms with Crippen molar-refractivity contribution in [2.24, 2.45) is 0 Å². The van der Waals surface area contributed by atoms with E-state index in [4.69, 9.17) is 13.9 Å². The van der Waals surface area contributed by atoms with Gasteiger partial charge in [0.2, 0.25) is 5.76 Å². The van der Waals surface area contributed by atoms with Crippen LogP contribution in [0.2, 0.25) is 0 Å². The lowest BCUT2D eigenvalue weighted by Gasteiger charge is -2.35. The summed E-state index contributed by atoms with van der Waals surface area (Å²) < 4.78 is 16.0. The molecule has 13 heteroatoms. The Labute approximate surface area is 231 Å². The summed E-state index contributed by atoms with van der Waals surface area (Å²) in [5.74, 6) is -0.749. The van der Waals surface area contributed by atoms with Crippen LogP contribution in [0.3, 0.4) is 0 Å². The van der Waals surface area contributed by atoms with Gasteiger partial charge >= 0.3 is 12.1 Å². The van der Waals surface area contributed by atoms with E-state index in [1.54, 1.807) is 39.0 Å². The number of ether oxygens (including phenoxy) is 2. The fourth-order valence-corrected chi connectivity index (χ4v) is 4.48. The van der Waals surface area contributed by atoms with Crippen molar-refractivity contribution >= 4 is 51.6 Å². The third-order valence-electron chi connectivity index (χ3n) is 6.55. The number of aromatic nitrogens is 1. The van der Waals surface area contributed by atoms with Gasteiger partial charge in [-0.2, -0.15) is 0 Å². The minimum absolute atomic E-state index is 0.106. The highest BCUT2D eigenvalue weighted by Crippen LogP contribution is 2.37. The molecular formula is C27H34N6O7. The van der Waals surface area contributed by atoms with Gasteiger partial charge in [0.15, 0.2) is 5.58 Å². The van der Waals surface area contributed by atoms with Crippen LogP contribution in [-0.2, 0) is 9.47 Å². The molecule has 0 aliphatic carbocycles. The van der Waals surface area contributed by atoms with Crippen LogP contribution in [0.4, 0.5) is 33.4 Å². The van der Waals surface area contributed by atoms with Gasteiger partial charge in [0.25, 0.3) is 5.69 Å². The zero-order valence-corrected chi connectivity index (χ0v) is 23.5. The summed E-state index contributed by atoms with van der Waals surface area (Å²) in [7, 11) is 2.65. The van der Waals surface area contributed by atoms with Gasteiger partial charge in [0.1, 0.15) is 22.8 Å². The number of hydrogen-bond donors (Lipinski definition) is 1. The Morgan fingerprint density at radius 2 is 1.90 bits per heavy atom. The molecule has 40 heavy (non-hydrogen) atoms. The van der Waals surface area contributed by atoms with Crippen LogP contribution in [0.15, 0.2) is 34.9 Å². The molecule has 0 atom stereocenters. The molecule has 3 heterocycles. The maximum absolute atomic E-state index is 12.9. The lowest BCUT2D eigenvalue weighted by molar-refractivity contribution is -0.383. The minimum Gasteiger partial charge on any atom is -0.463 e. The van der Waals surface area contributed by atoms with Crippen molar-refractivity contribution in [3.63, 3.8) is 0 Å². The topological polar surface area (TPSA) is 144 Å². The van der Waals surface area contributed by atoms with Gasteiger partial charge in [-0.25, -0.2) is 14.6 Å². The average Bonchev–Trinajstić information content (AvgIpc) is 3.30. The number of nitro benzene ring substituents is 1. The Balaban J connectivity index is 1.69. The lowest BCUT2D eigenvalue weighted by atomic mass is 10.2. The maximum atomic E-state index is 12.9. The number of pyridine rings is 1. The molecule has 1 fully saturated rings. The number of methoxy groups -OCH3 is 1. The van der Waals surface area contributed by atoms with Crippen molar-refractivity contribution in [1.29, 1.82) is 0 Å². The molecule has 1 aromatic carbocycles. The number of carbonyl (C=O) groups excluding carboxylic acids is 2. The molecule has 3 aromatic rings. The van der Waals surface area contributed by atoms with E-state index in [1.165, 1.54) is 20.4 Å². The molecule has 0 saturated carbocycles. The van der Waals surface area contributed by atoms with Crippen molar-refractivity contribution in [3.8, 4) is 0 Å². The molecule has 1 saturated heterocycles. The van der Waals surface area contributed by atoms with E-state index in [1.807, 2.05) is 6.07 Å². The van der Waals surface area contributed by atoms with Gasteiger partial charge in [-0.1, -0.05) is 6.92 Å². The summed E-state index contributed by atoms with van der Waals surface area (Å²) in [6.45, 7) is 11.6. The van der Waals surface area contributed by atoms with Crippen LogP contribution in [-0.4, -0.2) is 79.4 Å². The van der Waals surface area contributed by atoms with E-state index < -0.39 is 22.6 Å². The van der Waals surface area contributed by atoms with Crippen LogP contribution < -0.4 is 15.1 Å². The number of benzene rings is 1. The molecule has 1 amide bonds. The van der Waals surface area contributed by atoms with E-state index in [0.717, 1.165) is 43.3 Å². The zero-order valence-electron chi connectivity index (χ0n) is 23.5. The predicted molar refractivity (Wildman–Crippen MR) is 151 cm³/mol. The molecule has 0 bridgehead atoms. The van der Waals surface area contributed by atoms with Gasteiger partial charge < -0.3 is 29.0 Å². The Kier molecular flexibility index (Phi) is 8.14. The van der Waals surface area contributed by atoms with Crippen molar-refractivity contribution in [2.45, 2.75) is 33.3 Å². The summed E-state index contributed by atoms with van der Waals surface area (Å²) in [5, 5.41) is 15.4. The first-order valence-electron chi connectivity index (χ1n) is 12.9. The Hall–Kier alpha value is -4.39. The van der Waals surface area contributed by atoms with E-state index in [0.29, 0.717) is 5.39 Å². The number of fused-ring (bicyclic) bond motifs is 1. The highest BCUT2D eigenvalue weighted by atomic mass is 16.6. The molecule has 13 nitrogen and oxygen atoms in total. The lowest BCUT2D eigenvalue weighted by Crippen LogP contribution is -2.46. The van der Waals surface area contributed by atoms with E-state index in [2.05, 4.69) is 27.0 Å². The number of nitrogens with one attached hydrogen (secondary N) is 1. The smallest absolute Gasteiger partial charge is 0.414 e. The zero-order chi connectivity index (χ0) is 29.2. The third-order valence-corrected chi connectivity index (χ3v) is 6.55. The first-order chi connectivity index (χ1) is 18.9. The highest BCUT2D eigenvalue weighted by molar-refractivity contribution is 6.09. The fraction of sp³-hybridized carbons (Fsp3) is 0.444. The minimum atomic E-state index is -0.790. The average molecular weight is 555 g/mol. The van der Waals surface area contributed by atoms with Crippen LogP contribution in [0.1, 0.15) is 38.2 Å². The Morgan fingerprint density at radius 3 is 2.50 bits per heavy atom. The van der Waals surface area contributed by atoms with E-state index in [-0.39, 0.29) is 34.2 Å². The van der Waals surface area contributed by atoms with Crippen LogP contribution in [0.25, 0.3) is 11.0 Å². The van der Waals surface area contributed by atoms with Gasteiger partial charge in [-0.15, -0.1) is 0 Å². The first kappa shape index (κ1) is 28.6. The molecule has 0 radical (unpaired) electrons. The molecule has 0 unspecified atom stereocenters. The van der Waals surface area contributed by atoms with Gasteiger partial charge in [-0.3, -0.25) is 15.0 Å². The maximum Gasteiger partial charge on any atom is 0.414 e. The summed E-state index contributed by atoms with van der Waals surface area (Å²) in [4.78, 5) is 46.8. The molecule has 214 valence electrons. The molecular weight excluding hydrogens is 520 g/mol. The number of furan rings is 1.